The molecule has 21 heavy (non-hydrogen) atoms. The smallest absolute Gasteiger partial charge is 0.236 e. The van der Waals surface area contributed by atoms with Crippen molar-refractivity contribution >= 4 is 5.91 Å². The second-order valence-corrected chi connectivity index (χ2v) is 5.86. The number of hydrogen-bond acceptors (Lipinski definition) is 2. The average molecular weight is 288 g/mol. The van der Waals surface area contributed by atoms with E-state index in [-0.39, 0.29) is 5.91 Å². The van der Waals surface area contributed by atoms with Gasteiger partial charge in [0.1, 0.15) is 0 Å². The van der Waals surface area contributed by atoms with Crippen molar-refractivity contribution in [3.63, 3.8) is 0 Å². The first kappa shape index (κ1) is 16.0. The van der Waals surface area contributed by atoms with Crippen LogP contribution in [0.3, 0.4) is 0 Å². The number of benzene rings is 1. The Morgan fingerprint density at radius 2 is 1.81 bits per heavy atom. The highest BCUT2D eigenvalue weighted by Gasteiger charge is 2.26. The maximum atomic E-state index is 12.2. The maximum Gasteiger partial charge on any atom is 0.236 e. The lowest BCUT2D eigenvalue weighted by molar-refractivity contribution is -0.130. The Labute approximate surface area is 128 Å². The predicted octanol–water partition coefficient (Wildman–Crippen LogP) is 3.17. The fraction of sp³-hybridized carbons (Fsp3) is 0.611. The van der Waals surface area contributed by atoms with Crippen molar-refractivity contribution in [1.82, 2.24) is 10.2 Å². The minimum Gasteiger partial charge on any atom is -0.342 e. The van der Waals surface area contributed by atoms with Crippen LogP contribution in [0, 0.1) is 0 Å². The first-order valence-electron chi connectivity index (χ1n) is 8.32. The zero-order chi connectivity index (χ0) is 15.1. The summed E-state index contributed by atoms with van der Waals surface area (Å²) in [7, 11) is 0. The van der Waals surface area contributed by atoms with E-state index in [1.807, 2.05) is 18.7 Å². The molecule has 1 aromatic carbocycles. The lowest BCUT2D eigenvalue weighted by Gasteiger charge is -2.33. The summed E-state index contributed by atoms with van der Waals surface area (Å²) in [6, 6.07) is 11.2. The summed E-state index contributed by atoms with van der Waals surface area (Å²) in [6.45, 7) is 6.13. The lowest BCUT2D eigenvalue weighted by Crippen LogP contribution is -2.44. The number of rotatable bonds is 6. The number of amides is 1. The molecule has 1 aliphatic carbocycles. The van der Waals surface area contributed by atoms with E-state index in [2.05, 4.69) is 35.6 Å². The maximum absolute atomic E-state index is 12.2. The van der Waals surface area contributed by atoms with Crippen molar-refractivity contribution in [2.45, 2.75) is 51.5 Å². The summed E-state index contributed by atoms with van der Waals surface area (Å²) in [5, 5.41) is 3.53. The molecule has 1 amide bonds. The van der Waals surface area contributed by atoms with Gasteiger partial charge in [0.2, 0.25) is 5.91 Å². The third-order valence-corrected chi connectivity index (χ3v) is 4.63. The number of carbonyl (C=O) groups excluding carboxylic acids is 1. The van der Waals surface area contributed by atoms with Gasteiger partial charge in [0.25, 0.3) is 0 Å². The minimum absolute atomic E-state index is 0.220. The van der Waals surface area contributed by atoms with Gasteiger partial charge in [-0.1, -0.05) is 43.2 Å². The van der Waals surface area contributed by atoms with Crippen LogP contribution < -0.4 is 5.32 Å². The van der Waals surface area contributed by atoms with E-state index in [0.29, 0.717) is 18.5 Å². The topological polar surface area (TPSA) is 32.3 Å². The van der Waals surface area contributed by atoms with Crippen molar-refractivity contribution < 1.29 is 4.79 Å². The zero-order valence-corrected chi connectivity index (χ0v) is 13.3. The van der Waals surface area contributed by atoms with Gasteiger partial charge in [0.15, 0.2) is 0 Å². The van der Waals surface area contributed by atoms with Gasteiger partial charge in [-0.2, -0.15) is 0 Å². The fourth-order valence-electron chi connectivity index (χ4n) is 3.38. The number of likely N-dealkylation sites (N-methyl/N-ethyl adjacent to an activating group) is 1. The Balaban J connectivity index is 1.95. The van der Waals surface area contributed by atoms with Gasteiger partial charge in [0.05, 0.1) is 6.54 Å². The van der Waals surface area contributed by atoms with E-state index in [4.69, 9.17) is 0 Å². The minimum atomic E-state index is 0.220. The summed E-state index contributed by atoms with van der Waals surface area (Å²) >= 11 is 0. The molecule has 1 N–H and O–H groups in total. The summed E-state index contributed by atoms with van der Waals surface area (Å²) in [5.74, 6) is 0.766. The second-order valence-electron chi connectivity index (χ2n) is 5.86. The molecule has 2 unspecified atom stereocenters. The van der Waals surface area contributed by atoms with Crippen LogP contribution in [0.4, 0.5) is 0 Å². The van der Waals surface area contributed by atoms with Crippen molar-refractivity contribution in [2.24, 2.45) is 0 Å². The van der Waals surface area contributed by atoms with Crippen LogP contribution in [-0.2, 0) is 4.79 Å². The monoisotopic (exact) mass is 288 g/mol. The Kier molecular flexibility index (Phi) is 6.24. The number of nitrogens with zero attached hydrogens (tertiary/aromatic N) is 1. The summed E-state index contributed by atoms with van der Waals surface area (Å²) < 4.78 is 0. The van der Waals surface area contributed by atoms with Crippen LogP contribution in [0.25, 0.3) is 0 Å². The van der Waals surface area contributed by atoms with Gasteiger partial charge in [-0.05, 0) is 38.2 Å². The molecule has 116 valence electrons. The van der Waals surface area contributed by atoms with Crippen molar-refractivity contribution in [2.75, 3.05) is 19.6 Å². The van der Waals surface area contributed by atoms with E-state index in [1.165, 1.54) is 31.2 Å². The van der Waals surface area contributed by atoms with Crippen LogP contribution in [0.2, 0.25) is 0 Å². The molecular formula is C18H28N2O. The standard InChI is InChI=1S/C18H28N2O/c1-3-20(4-2)18(21)14-19-17-13-9-8-12-16(17)15-10-6-5-7-11-15/h5-7,10-11,16-17,19H,3-4,8-9,12-14H2,1-2H3. The molecule has 0 aromatic heterocycles. The van der Waals surface area contributed by atoms with E-state index in [1.54, 1.807) is 0 Å². The Morgan fingerprint density at radius 3 is 2.48 bits per heavy atom. The Bertz CT molecular complexity index is 428. The number of hydrogen-bond donors (Lipinski definition) is 1. The third kappa shape index (κ3) is 4.31. The van der Waals surface area contributed by atoms with Crippen LogP contribution >= 0.6 is 0 Å². The van der Waals surface area contributed by atoms with Crippen molar-refractivity contribution in [1.29, 1.82) is 0 Å². The molecule has 1 aromatic rings. The van der Waals surface area contributed by atoms with E-state index in [0.717, 1.165) is 13.1 Å². The third-order valence-electron chi connectivity index (χ3n) is 4.63. The quantitative estimate of drug-likeness (QED) is 0.872. The van der Waals surface area contributed by atoms with Crippen LogP contribution in [0.5, 0.6) is 0 Å². The molecule has 0 saturated heterocycles. The molecule has 0 radical (unpaired) electrons. The van der Waals surface area contributed by atoms with Gasteiger partial charge in [-0.3, -0.25) is 4.79 Å². The molecule has 3 heteroatoms. The first-order valence-corrected chi connectivity index (χ1v) is 8.32. The zero-order valence-electron chi connectivity index (χ0n) is 13.3. The molecule has 1 fully saturated rings. The SMILES string of the molecule is CCN(CC)C(=O)CNC1CCCCC1c1ccccc1. The van der Waals surface area contributed by atoms with E-state index >= 15 is 0 Å². The largest absolute Gasteiger partial charge is 0.342 e. The highest BCUT2D eigenvalue weighted by Crippen LogP contribution is 2.32. The van der Waals surface area contributed by atoms with Crippen LogP contribution in [0.1, 0.15) is 51.0 Å². The molecule has 0 bridgehead atoms. The van der Waals surface area contributed by atoms with E-state index in [9.17, 15) is 4.79 Å². The molecule has 1 aliphatic rings. The molecule has 2 rings (SSSR count). The summed E-state index contributed by atoms with van der Waals surface area (Å²) in [6.07, 6.45) is 4.95. The first-order chi connectivity index (χ1) is 10.3. The normalized spacial score (nSPS) is 22.0. The second kappa shape index (κ2) is 8.18. The van der Waals surface area contributed by atoms with E-state index < -0.39 is 0 Å². The Morgan fingerprint density at radius 1 is 1.14 bits per heavy atom. The van der Waals surface area contributed by atoms with Gasteiger partial charge in [0, 0.05) is 19.1 Å². The van der Waals surface area contributed by atoms with Gasteiger partial charge in [-0.15, -0.1) is 0 Å². The molecule has 1 saturated carbocycles. The van der Waals surface area contributed by atoms with Gasteiger partial charge in [-0.25, -0.2) is 0 Å². The summed E-state index contributed by atoms with van der Waals surface area (Å²) in [5.41, 5.74) is 1.41. The van der Waals surface area contributed by atoms with Gasteiger partial charge < -0.3 is 10.2 Å². The van der Waals surface area contributed by atoms with Crippen molar-refractivity contribution in [3.8, 4) is 0 Å². The Hall–Kier alpha value is -1.35. The molecule has 0 heterocycles. The molecule has 0 aliphatic heterocycles. The van der Waals surface area contributed by atoms with Crippen LogP contribution in [-0.4, -0.2) is 36.5 Å². The lowest BCUT2D eigenvalue weighted by atomic mass is 9.80. The van der Waals surface area contributed by atoms with Gasteiger partial charge >= 0.3 is 0 Å². The average Bonchev–Trinajstić information content (AvgIpc) is 2.55. The molecule has 0 spiro atoms. The fourth-order valence-corrected chi connectivity index (χ4v) is 3.38. The predicted molar refractivity (Wildman–Crippen MR) is 87.4 cm³/mol. The molecule has 2 atom stereocenters. The number of carbonyl (C=O) groups is 1. The number of nitrogens with one attached hydrogen (secondary N) is 1. The summed E-state index contributed by atoms with van der Waals surface area (Å²) in [4.78, 5) is 14.1. The molecular weight excluding hydrogens is 260 g/mol. The van der Waals surface area contributed by atoms with Crippen LogP contribution in [0.15, 0.2) is 30.3 Å². The highest BCUT2D eigenvalue weighted by atomic mass is 16.2. The highest BCUT2D eigenvalue weighted by molar-refractivity contribution is 5.78. The molecule has 3 nitrogen and oxygen atoms in total. The van der Waals surface area contributed by atoms with Crippen molar-refractivity contribution in [3.05, 3.63) is 35.9 Å².